The largest absolute Gasteiger partial charge is 0.368 e. The number of nitrogens with zero attached hydrogens (tertiary/aromatic N) is 3. The number of benzene rings is 3. The fraction of sp³-hybridized carbons (Fsp3) is 0.143. The highest BCUT2D eigenvalue weighted by Gasteiger charge is 2.29. The molecule has 37 heavy (non-hydrogen) atoms. The highest BCUT2D eigenvalue weighted by atomic mass is 35.5. The average Bonchev–Trinajstić information content (AvgIpc) is 3.67. The van der Waals surface area contributed by atoms with Crippen LogP contribution in [0.1, 0.15) is 45.5 Å². The maximum absolute atomic E-state index is 12.7. The molecule has 4 N–H and O–H groups in total. The lowest BCUT2D eigenvalue weighted by Crippen LogP contribution is -2.20. The quantitative estimate of drug-likeness (QED) is 0.270. The Morgan fingerprint density at radius 2 is 1.78 bits per heavy atom. The lowest BCUT2D eigenvalue weighted by molar-refractivity contribution is -0.117. The number of hydrogen-bond donors (Lipinski definition) is 2. The van der Waals surface area contributed by atoms with Crippen molar-refractivity contribution in [1.29, 1.82) is 0 Å². The van der Waals surface area contributed by atoms with Crippen LogP contribution in [0.15, 0.2) is 78.1 Å². The van der Waals surface area contributed by atoms with E-state index in [0.29, 0.717) is 22.3 Å². The van der Waals surface area contributed by atoms with Crippen LogP contribution in [0.4, 0.5) is 0 Å². The third-order valence-corrected chi connectivity index (χ3v) is 8.18. The van der Waals surface area contributed by atoms with Crippen LogP contribution < -0.4 is 11.5 Å². The summed E-state index contributed by atoms with van der Waals surface area (Å²) in [6.07, 6.45) is 4.10. The number of rotatable bonds is 7. The summed E-state index contributed by atoms with van der Waals surface area (Å²) in [4.78, 5) is 33.5. The highest BCUT2D eigenvalue weighted by molar-refractivity contribution is 8.00. The molecule has 0 spiro atoms. The van der Waals surface area contributed by atoms with Crippen molar-refractivity contribution >= 4 is 57.1 Å². The predicted molar refractivity (Wildman–Crippen MR) is 146 cm³/mol. The average molecular weight is 528 g/mol. The molecular weight excluding hydrogens is 506 g/mol. The summed E-state index contributed by atoms with van der Waals surface area (Å²) >= 11 is 7.67. The van der Waals surface area contributed by atoms with E-state index in [1.54, 1.807) is 12.3 Å². The van der Waals surface area contributed by atoms with Gasteiger partial charge in [0.25, 0.3) is 0 Å². The van der Waals surface area contributed by atoms with Crippen molar-refractivity contribution in [1.82, 2.24) is 14.5 Å². The summed E-state index contributed by atoms with van der Waals surface area (Å²) in [6, 6.07) is 21.1. The summed E-state index contributed by atoms with van der Waals surface area (Å²) < 4.78 is 2.02. The van der Waals surface area contributed by atoms with Gasteiger partial charge in [0.2, 0.25) is 11.8 Å². The Kier molecular flexibility index (Phi) is 5.85. The standard InChI is InChI=1S/C28H22ClN5O2S/c29-21-14-16(25(30)35)9-10-20(21)24(26(31)36)37-28-33-27-23(6-3-13-32-27)34(28)22-12-11-17(15-7-8-15)18-4-1-2-5-19(18)22/h1-6,9-15,24H,7-8H2,(H2,30,35)(H2,31,36). The molecule has 1 aliphatic carbocycles. The van der Waals surface area contributed by atoms with Crippen molar-refractivity contribution in [3.63, 3.8) is 0 Å². The smallest absolute Gasteiger partial charge is 0.248 e. The maximum atomic E-state index is 12.7. The molecule has 0 bridgehead atoms. The SMILES string of the molecule is NC(=O)c1ccc(C(Sc2nc3ncccc3n2-c2ccc(C3CC3)c3ccccc23)C(N)=O)c(Cl)c1. The zero-order chi connectivity index (χ0) is 25.7. The van der Waals surface area contributed by atoms with Gasteiger partial charge in [-0.25, -0.2) is 9.97 Å². The van der Waals surface area contributed by atoms with Gasteiger partial charge in [0.1, 0.15) is 5.25 Å². The Balaban J connectivity index is 1.52. The second kappa shape index (κ2) is 9.21. The van der Waals surface area contributed by atoms with Gasteiger partial charge >= 0.3 is 0 Å². The van der Waals surface area contributed by atoms with Crippen LogP contribution in [0.2, 0.25) is 5.02 Å². The number of primary amides is 2. The maximum Gasteiger partial charge on any atom is 0.248 e. The second-order valence-electron chi connectivity index (χ2n) is 9.07. The Labute approximate surface area is 221 Å². The van der Waals surface area contributed by atoms with Crippen molar-refractivity contribution in [3.8, 4) is 5.69 Å². The topological polar surface area (TPSA) is 117 Å². The van der Waals surface area contributed by atoms with Crippen molar-refractivity contribution < 1.29 is 9.59 Å². The molecule has 2 amide bonds. The molecule has 3 aromatic carbocycles. The first-order chi connectivity index (χ1) is 17.9. The predicted octanol–water partition coefficient (Wildman–Crippen LogP) is 5.52. The fourth-order valence-corrected chi connectivity index (χ4v) is 6.18. The molecule has 9 heteroatoms. The van der Waals surface area contributed by atoms with E-state index >= 15 is 0 Å². The number of halogens is 1. The van der Waals surface area contributed by atoms with Crippen molar-refractivity contribution in [3.05, 3.63) is 94.6 Å². The van der Waals surface area contributed by atoms with Gasteiger partial charge in [0.15, 0.2) is 10.8 Å². The number of nitrogens with two attached hydrogens (primary N) is 2. The molecular formula is C28H22ClN5O2S. The summed E-state index contributed by atoms with van der Waals surface area (Å²) in [5.74, 6) is -0.593. The number of imidazole rings is 1. The highest BCUT2D eigenvalue weighted by Crippen LogP contribution is 2.45. The first-order valence-electron chi connectivity index (χ1n) is 11.8. The summed E-state index contributed by atoms with van der Waals surface area (Å²) in [5, 5.41) is 2.23. The molecule has 2 aromatic heterocycles. The van der Waals surface area contributed by atoms with Crippen molar-refractivity contribution in [2.45, 2.75) is 29.2 Å². The van der Waals surface area contributed by atoms with Gasteiger partial charge in [-0.05, 0) is 65.6 Å². The van der Waals surface area contributed by atoms with E-state index in [-0.39, 0.29) is 10.6 Å². The number of amides is 2. The summed E-state index contributed by atoms with van der Waals surface area (Å²) in [7, 11) is 0. The minimum absolute atomic E-state index is 0.229. The molecule has 2 heterocycles. The van der Waals surface area contributed by atoms with E-state index in [1.165, 1.54) is 47.7 Å². The number of pyridine rings is 1. The van der Waals surface area contributed by atoms with Crippen LogP contribution in [0.3, 0.4) is 0 Å². The minimum Gasteiger partial charge on any atom is -0.368 e. The van der Waals surface area contributed by atoms with E-state index in [1.807, 2.05) is 22.8 Å². The zero-order valence-corrected chi connectivity index (χ0v) is 21.2. The Morgan fingerprint density at radius 1 is 1.00 bits per heavy atom. The molecule has 6 rings (SSSR count). The van der Waals surface area contributed by atoms with Gasteiger partial charge in [-0.15, -0.1) is 0 Å². The normalized spacial score (nSPS) is 14.2. The van der Waals surface area contributed by atoms with Crippen LogP contribution in [-0.2, 0) is 4.79 Å². The van der Waals surface area contributed by atoms with Gasteiger partial charge in [0, 0.05) is 22.2 Å². The molecule has 1 aliphatic rings. The number of hydrogen-bond acceptors (Lipinski definition) is 5. The molecule has 7 nitrogen and oxygen atoms in total. The monoisotopic (exact) mass is 527 g/mol. The van der Waals surface area contributed by atoms with Gasteiger partial charge in [-0.2, -0.15) is 0 Å². The van der Waals surface area contributed by atoms with Crippen LogP contribution in [0.5, 0.6) is 0 Å². The minimum atomic E-state index is -0.859. The number of aromatic nitrogens is 3. The number of carbonyl (C=O) groups is 2. The van der Waals surface area contributed by atoms with Crippen LogP contribution >= 0.6 is 23.4 Å². The van der Waals surface area contributed by atoms with Gasteiger partial charge in [0.05, 0.1) is 11.2 Å². The van der Waals surface area contributed by atoms with Crippen molar-refractivity contribution in [2.24, 2.45) is 11.5 Å². The molecule has 184 valence electrons. The Hall–Kier alpha value is -3.88. The van der Waals surface area contributed by atoms with Crippen LogP contribution in [0.25, 0.3) is 27.6 Å². The van der Waals surface area contributed by atoms with Gasteiger partial charge < -0.3 is 11.5 Å². The second-order valence-corrected chi connectivity index (χ2v) is 10.5. The molecule has 1 saturated carbocycles. The van der Waals surface area contributed by atoms with E-state index in [4.69, 9.17) is 28.1 Å². The van der Waals surface area contributed by atoms with E-state index in [0.717, 1.165) is 16.6 Å². The first-order valence-corrected chi connectivity index (χ1v) is 13.1. The molecule has 1 fully saturated rings. The lowest BCUT2D eigenvalue weighted by Gasteiger charge is -2.18. The van der Waals surface area contributed by atoms with Crippen molar-refractivity contribution in [2.75, 3.05) is 0 Å². The number of carbonyl (C=O) groups excluding carboxylic acids is 2. The third-order valence-electron chi connectivity index (χ3n) is 6.64. The Morgan fingerprint density at radius 3 is 2.49 bits per heavy atom. The number of thioether (sulfide) groups is 1. The van der Waals surface area contributed by atoms with Gasteiger partial charge in [-0.1, -0.05) is 59.8 Å². The van der Waals surface area contributed by atoms with Crippen LogP contribution in [0, 0.1) is 0 Å². The molecule has 5 aromatic rings. The number of fused-ring (bicyclic) bond motifs is 2. The molecule has 0 aliphatic heterocycles. The fourth-order valence-electron chi connectivity index (χ4n) is 4.73. The van der Waals surface area contributed by atoms with Crippen LogP contribution in [-0.4, -0.2) is 26.3 Å². The molecule has 1 unspecified atom stereocenters. The van der Waals surface area contributed by atoms with E-state index < -0.39 is 17.1 Å². The third kappa shape index (κ3) is 4.22. The van der Waals surface area contributed by atoms with Gasteiger partial charge in [-0.3, -0.25) is 14.2 Å². The van der Waals surface area contributed by atoms with E-state index in [9.17, 15) is 9.59 Å². The summed E-state index contributed by atoms with van der Waals surface area (Å²) in [5.41, 5.74) is 15.6. The molecule has 0 saturated heterocycles. The molecule has 1 atom stereocenters. The first kappa shape index (κ1) is 23.5. The Bertz CT molecular complexity index is 1710. The lowest BCUT2D eigenvalue weighted by atomic mass is 9.99. The zero-order valence-electron chi connectivity index (χ0n) is 19.6. The summed E-state index contributed by atoms with van der Waals surface area (Å²) in [6.45, 7) is 0. The van der Waals surface area contributed by atoms with E-state index in [2.05, 4.69) is 35.3 Å². The molecule has 0 radical (unpaired) electrons.